The third-order valence-electron chi connectivity index (χ3n) is 3.04. The molecule has 0 spiro atoms. The van der Waals surface area contributed by atoms with Crippen LogP contribution in [0.2, 0.25) is 0 Å². The maximum atomic E-state index is 10.1. The van der Waals surface area contributed by atoms with Gasteiger partial charge in [0.25, 0.3) is 0 Å². The number of aromatic hydroxyl groups is 1. The molecule has 3 aromatic rings. The molecule has 0 atom stereocenters. The molecule has 0 bridgehead atoms. The zero-order valence-electron chi connectivity index (χ0n) is 10.8. The van der Waals surface area contributed by atoms with Gasteiger partial charge < -0.3 is 5.11 Å². The van der Waals surface area contributed by atoms with Crippen LogP contribution in [0.25, 0.3) is 22.1 Å². The van der Waals surface area contributed by atoms with Crippen molar-refractivity contribution in [3.8, 4) is 5.75 Å². The Morgan fingerprint density at radius 3 is 2.68 bits per heavy atom. The van der Waals surface area contributed by atoms with Gasteiger partial charge in [0.15, 0.2) is 0 Å². The van der Waals surface area contributed by atoms with E-state index in [1.54, 1.807) is 17.8 Å². The standard InChI is InChI=1S/C15H14N2OS/c1-3-19-10-7-12-15(13(18)8-10)16-11-6-4-5-9(2)14(11)17-12/h4-8,18H,3H2,1-2H3. The molecular weight excluding hydrogens is 256 g/mol. The van der Waals surface area contributed by atoms with Gasteiger partial charge in [0.05, 0.1) is 16.6 Å². The van der Waals surface area contributed by atoms with E-state index >= 15 is 0 Å². The minimum Gasteiger partial charge on any atom is -0.506 e. The Hall–Kier alpha value is -1.81. The molecule has 1 N–H and O–H groups in total. The molecule has 0 unspecified atom stereocenters. The zero-order valence-corrected chi connectivity index (χ0v) is 11.7. The van der Waals surface area contributed by atoms with Crippen LogP contribution in [0.15, 0.2) is 35.2 Å². The molecule has 1 aromatic heterocycles. The number of nitrogens with zero attached hydrogens (tertiary/aromatic N) is 2. The quantitative estimate of drug-likeness (QED) is 0.566. The zero-order chi connectivity index (χ0) is 13.4. The number of hydrogen-bond acceptors (Lipinski definition) is 4. The number of phenolic OH excluding ortho intramolecular Hbond substituents is 1. The van der Waals surface area contributed by atoms with Crippen molar-refractivity contribution in [1.29, 1.82) is 0 Å². The Labute approximate surface area is 115 Å². The molecule has 0 amide bonds. The van der Waals surface area contributed by atoms with Crippen molar-refractivity contribution in [3.05, 3.63) is 35.9 Å². The Morgan fingerprint density at radius 2 is 1.89 bits per heavy atom. The first kappa shape index (κ1) is 12.2. The molecule has 4 heteroatoms. The van der Waals surface area contributed by atoms with Gasteiger partial charge >= 0.3 is 0 Å². The number of aryl methyl sites for hydroxylation is 1. The summed E-state index contributed by atoms with van der Waals surface area (Å²) >= 11 is 1.69. The van der Waals surface area contributed by atoms with Crippen molar-refractivity contribution in [2.24, 2.45) is 0 Å². The Balaban J connectivity index is 2.35. The summed E-state index contributed by atoms with van der Waals surface area (Å²) in [5.74, 6) is 1.16. The van der Waals surface area contributed by atoms with Gasteiger partial charge in [-0.25, -0.2) is 9.97 Å². The van der Waals surface area contributed by atoms with Crippen molar-refractivity contribution < 1.29 is 5.11 Å². The average Bonchev–Trinajstić information content (AvgIpc) is 2.38. The van der Waals surface area contributed by atoms with Crippen LogP contribution in [-0.2, 0) is 0 Å². The van der Waals surface area contributed by atoms with E-state index < -0.39 is 0 Å². The summed E-state index contributed by atoms with van der Waals surface area (Å²) in [5.41, 5.74) is 4.13. The monoisotopic (exact) mass is 270 g/mol. The Morgan fingerprint density at radius 1 is 1.11 bits per heavy atom. The average molecular weight is 270 g/mol. The van der Waals surface area contributed by atoms with E-state index in [2.05, 4.69) is 16.9 Å². The summed E-state index contributed by atoms with van der Waals surface area (Å²) in [4.78, 5) is 10.2. The first-order valence-corrected chi connectivity index (χ1v) is 7.20. The van der Waals surface area contributed by atoms with Crippen molar-refractivity contribution in [3.63, 3.8) is 0 Å². The fourth-order valence-corrected chi connectivity index (χ4v) is 2.87. The van der Waals surface area contributed by atoms with Crippen LogP contribution in [-0.4, -0.2) is 20.8 Å². The fourth-order valence-electron chi connectivity index (χ4n) is 2.15. The molecule has 2 aromatic carbocycles. The van der Waals surface area contributed by atoms with Crippen LogP contribution in [0.4, 0.5) is 0 Å². The van der Waals surface area contributed by atoms with E-state index in [0.29, 0.717) is 5.52 Å². The number of rotatable bonds is 2. The highest BCUT2D eigenvalue weighted by Gasteiger charge is 2.09. The number of phenols is 1. The van der Waals surface area contributed by atoms with Crippen molar-refractivity contribution in [2.45, 2.75) is 18.7 Å². The molecule has 0 aliphatic rings. The van der Waals surface area contributed by atoms with Crippen LogP contribution < -0.4 is 0 Å². The second-order valence-electron chi connectivity index (χ2n) is 4.41. The predicted molar refractivity (Wildman–Crippen MR) is 79.8 cm³/mol. The van der Waals surface area contributed by atoms with Crippen LogP contribution in [0.3, 0.4) is 0 Å². The van der Waals surface area contributed by atoms with E-state index in [4.69, 9.17) is 0 Å². The third-order valence-corrected chi connectivity index (χ3v) is 3.89. The summed E-state index contributed by atoms with van der Waals surface area (Å²) < 4.78 is 0. The van der Waals surface area contributed by atoms with Crippen molar-refractivity contribution >= 4 is 33.8 Å². The lowest BCUT2D eigenvalue weighted by Gasteiger charge is -2.07. The number of fused-ring (bicyclic) bond motifs is 2. The number of para-hydroxylation sites is 1. The fraction of sp³-hybridized carbons (Fsp3) is 0.200. The van der Waals surface area contributed by atoms with Crippen LogP contribution in [0.5, 0.6) is 5.75 Å². The summed E-state index contributed by atoms with van der Waals surface area (Å²) in [6.07, 6.45) is 0. The van der Waals surface area contributed by atoms with Crippen molar-refractivity contribution in [2.75, 3.05) is 5.75 Å². The SMILES string of the molecule is CCSc1cc(O)c2nc3cccc(C)c3nc2c1. The highest BCUT2D eigenvalue weighted by atomic mass is 32.2. The summed E-state index contributed by atoms with van der Waals surface area (Å²) in [6.45, 7) is 4.11. The molecule has 3 rings (SSSR count). The molecule has 3 nitrogen and oxygen atoms in total. The minimum atomic E-state index is 0.198. The summed E-state index contributed by atoms with van der Waals surface area (Å²) in [6, 6.07) is 9.64. The van der Waals surface area contributed by atoms with Crippen LogP contribution in [0.1, 0.15) is 12.5 Å². The topological polar surface area (TPSA) is 46.0 Å². The smallest absolute Gasteiger partial charge is 0.144 e. The first-order valence-electron chi connectivity index (χ1n) is 6.22. The maximum Gasteiger partial charge on any atom is 0.144 e. The molecule has 0 saturated heterocycles. The van der Waals surface area contributed by atoms with Gasteiger partial charge in [-0.15, -0.1) is 11.8 Å². The Bertz CT molecular complexity index is 771. The number of hydrogen-bond donors (Lipinski definition) is 1. The number of thioether (sulfide) groups is 1. The van der Waals surface area contributed by atoms with E-state index in [1.807, 2.05) is 31.2 Å². The predicted octanol–water partition coefficient (Wildman–Crippen LogP) is 3.91. The normalized spacial score (nSPS) is 11.3. The molecule has 0 saturated carbocycles. The minimum absolute atomic E-state index is 0.198. The van der Waals surface area contributed by atoms with E-state index in [-0.39, 0.29) is 5.75 Å². The first-order chi connectivity index (χ1) is 9.19. The molecule has 1 heterocycles. The summed E-state index contributed by atoms with van der Waals surface area (Å²) in [7, 11) is 0. The van der Waals surface area contributed by atoms with Gasteiger partial charge in [-0.3, -0.25) is 0 Å². The highest BCUT2D eigenvalue weighted by molar-refractivity contribution is 7.99. The second-order valence-corrected chi connectivity index (χ2v) is 5.75. The lowest BCUT2D eigenvalue weighted by atomic mass is 10.2. The van der Waals surface area contributed by atoms with Gasteiger partial charge in [0.2, 0.25) is 0 Å². The van der Waals surface area contributed by atoms with E-state index in [9.17, 15) is 5.11 Å². The van der Waals surface area contributed by atoms with Gasteiger partial charge in [0, 0.05) is 4.90 Å². The van der Waals surface area contributed by atoms with Gasteiger partial charge in [-0.1, -0.05) is 19.1 Å². The summed E-state index contributed by atoms with van der Waals surface area (Å²) in [5, 5.41) is 10.1. The van der Waals surface area contributed by atoms with Crippen molar-refractivity contribution in [1.82, 2.24) is 9.97 Å². The molecule has 96 valence electrons. The highest BCUT2D eigenvalue weighted by Crippen LogP contribution is 2.30. The van der Waals surface area contributed by atoms with Crippen LogP contribution >= 0.6 is 11.8 Å². The van der Waals surface area contributed by atoms with Gasteiger partial charge in [0.1, 0.15) is 11.3 Å². The van der Waals surface area contributed by atoms with Crippen LogP contribution in [0, 0.1) is 6.92 Å². The molecule has 19 heavy (non-hydrogen) atoms. The largest absolute Gasteiger partial charge is 0.506 e. The lowest BCUT2D eigenvalue weighted by molar-refractivity contribution is 0.479. The second kappa shape index (κ2) is 4.70. The lowest BCUT2D eigenvalue weighted by Crippen LogP contribution is -1.90. The van der Waals surface area contributed by atoms with E-state index in [0.717, 1.165) is 32.8 Å². The third kappa shape index (κ3) is 2.12. The van der Waals surface area contributed by atoms with Gasteiger partial charge in [-0.2, -0.15) is 0 Å². The maximum absolute atomic E-state index is 10.1. The molecule has 0 aliphatic carbocycles. The number of benzene rings is 2. The molecule has 0 aliphatic heterocycles. The van der Waals surface area contributed by atoms with Gasteiger partial charge in [-0.05, 0) is 36.4 Å². The molecule has 0 radical (unpaired) electrons. The molecule has 0 fully saturated rings. The van der Waals surface area contributed by atoms with E-state index in [1.165, 1.54) is 0 Å². The Kier molecular flexibility index (Phi) is 3.03. The number of aromatic nitrogens is 2. The molecular formula is C15H14N2OS.